The van der Waals surface area contributed by atoms with Gasteiger partial charge in [0.15, 0.2) is 0 Å². The fourth-order valence-electron chi connectivity index (χ4n) is 1.92. The van der Waals surface area contributed by atoms with Crippen LogP contribution in [0.4, 0.5) is 5.00 Å². The van der Waals surface area contributed by atoms with E-state index in [9.17, 15) is 4.79 Å². The molecule has 1 unspecified atom stereocenters. The van der Waals surface area contributed by atoms with Crippen LogP contribution in [0.25, 0.3) is 10.6 Å². The average molecular weight is 321 g/mol. The molecule has 0 saturated carbocycles. The van der Waals surface area contributed by atoms with Gasteiger partial charge < -0.3 is 5.32 Å². The number of amides is 1. The number of pyridine rings is 1. The van der Waals surface area contributed by atoms with E-state index in [1.807, 2.05) is 32.2 Å². The Balaban J connectivity index is 2.15. The van der Waals surface area contributed by atoms with E-state index in [4.69, 9.17) is 0 Å². The Bertz CT molecular complexity index is 598. The summed E-state index contributed by atoms with van der Waals surface area (Å²) in [6.45, 7) is 3.96. The van der Waals surface area contributed by atoms with E-state index in [2.05, 4.69) is 15.3 Å². The molecule has 2 heterocycles. The molecule has 0 bridgehead atoms. The lowest BCUT2D eigenvalue weighted by Crippen LogP contribution is -2.23. The molecule has 21 heavy (non-hydrogen) atoms. The first-order chi connectivity index (χ1) is 10.2. The van der Waals surface area contributed by atoms with Crippen molar-refractivity contribution in [3.05, 3.63) is 30.2 Å². The van der Waals surface area contributed by atoms with Crippen molar-refractivity contribution < 1.29 is 4.79 Å². The lowest BCUT2D eigenvalue weighted by Gasteiger charge is -2.12. The van der Waals surface area contributed by atoms with Crippen LogP contribution in [0.2, 0.25) is 0 Å². The van der Waals surface area contributed by atoms with E-state index in [0.717, 1.165) is 33.4 Å². The number of thiazole rings is 1. The number of hydrogen-bond acceptors (Lipinski definition) is 5. The SMILES string of the molecule is CCC(CSC)C(=O)Nc1sc(-c2cccnc2)nc1C. The number of aromatic nitrogens is 2. The maximum Gasteiger partial charge on any atom is 0.228 e. The first kappa shape index (κ1) is 16.0. The average Bonchev–Trinajstić information content (AvgIpc) is 2.86. The van der Waals surface area contributed by atoms with Crippen molar-refractivity contribution in [3.63, 3.8) is 0 Å². The van der Waals surface area contributed by atoms with Crippen LogP contribution in [0.3, 0.4) is 0 Å². The van der Waals surface area contributed by atoms with Gasteiger partial charge in [0.2, 0.25) is 5.91 Å². The second-order valence-corrected chi connectivity index (χ2v) is 6.63. The summed E-state index contributed by atoms with van der Waals surface area (Å²) in [5.74, 6) is 0.968. The maximum absolute atomic E-state index is 12.3. The highest BCUT2D eigenvalue weighted by molar-refractivity contribution is 7.98. The number of carbonyl (C=O) groups is 1. The predicted molar refractivity (Wildman–Crippen MR) is 90.9 cm³/mol. The molecule has 1 atom stereocenters. The number of thioether (sulfide) groups is 1. The van der Waals surface area contributed by atoms with Crippen molar-refractivity contribution in [2.75, 3.05) is 17.3 Å². The van der Waals surface area contributed by atoms with E-state index in [1.165, 1.54) is 11.3 Å². The Morgan fingerprint density at radius 2 is 2.33 bits per heavy atom. The first-order valence-electron chi connectivity index (χ1n) is 6.83. The molecule has 0 spiro atoms. The second-order valence-electron chi connectivity index (χ2n) is 4.73. The Kier molecular flexibility index (Phi) is 5.76. The van der Waals surface area contributed by atoms with Crippen molar-refractivity contribution in [1.82, 2.24) is 9.97 Å². The summed E-state index contributed by atoms with van der Waals surface area (Å²) in [7, 11) is 0. The molecule has 112 valence electrons. The molecule has 4 nitrogen and oxygen atoms in total. The topological polar surface area (TPSA) is 54.9 Å². The minimum Gasteiger partial charge on any atom is -0.316 e. The zero-order valence-electron chi connectivity index (χ0n) is 12.4. The molecule has 0 aromatic carbocycles. The molecule has 2 aromatic rings. The lowest BCUT2D eigenvalue weighted by atomic mass is 10.1. The molecule has 1 N–H and O–H groups in total. The van der Waals surface area contributed by atoms with Crippen LogP contribution in [-0.4, -0.2) is 27.9 Å². The van der Waals surface area contributed by atoms with Crippen molar-refractivity contribution in [2.45, 2.75) is 20.3 Å². The lowest BCUT2D eigenvalue weighted by molar-refractivity contribution is -0.119. The molecule has 0 aliphatic heterocycles. The van der Waals surface area contributed by atoms with Gasteiger partial charge in [-0.2, -0.15) is 11.8 Å². The van der Waals surface area contributed by atoms with E-state index in [0.29, 0.717) is 0 Å². The molecule has 6 heteroatoms. The van der Waals surface area contributed by atoms with Gasteiger partial charge in [0.05, 0.1) is 5.69 Å². The molecule has 0 fully saturated rings. The van der Waals surface area contributed by atoms with Gasteiger partial charge in [0.1, 0.15) is 10.0 Å². The third-order valence-corrected chi connectivity index (χ3v) is 5.03. The van der Waals surface area contributed by atoms with Crippen LogP contribution < -0.4 is 5.32 Å². The molecule has 0 radical (unpaired) electrons. The van der Waals surface area contributed by atoms with Crippen LogP contribution in [0.15, 0.2) is 24.5 Å². The minimum atomic E-state index is 0.0448. The van der Waals surface area contributed by atoms with Gasteiger partial charge >= 0.3 is 0 Å². The quantitative estimate of drug-likeness (QED) is 0.878. The Hall–Kier alpha value is -1.40. The number of rotatable bonds is 6. The summed E-state index contributed by atoms with van der Waals surface area (Å²) in [4.78, 5) is 20.9. The zero-order chi connectivity index (χ0) is 15.2. The molecule has 0 saturated heterocycles. The first-order valence-corrected chi connectivity index (χ1v) is 9.04. The summed E-state index contributed by atoms with van der Waals surface area (Å²) in [6, 6.07) is 3.86. The third kappa shape index (κ3) is 4.04. The Morgan fingerprint density at radius 3 is 2.95 bits per heavy atom. The standard InChI is InChI=1S/C15H19N3OS2/c1-4-11(9-20-3)13(19)18-14-10(2)17-15(21-14)12-6-5-7-16-8-12/h5-8,11H,4,9H2,1-3H3,(H,18,19). The van der Waals surface area contributed by atoms with Crippen molar-refractivity contribution in [2.24, 2.45) is 5.92 Å². The normalized spacial score (nSPS) is 12.1. The van der Waals surface area contributed by atoms with E-state index < -0.39 is 0 Å². The number of hydrogen-bond donors (Lipinski definition) is 1. The minimum absolute atomic E-state index is 0.0448. The van der Waals surface area contributed by atoms with E-state index in [-0.39, 0.29) is 11.8 Å². The van der Waals surface area contributed by atoms with Crippen LogP contribution >= 0.6 is 23.1 Å². The van der Waals surface area contributed by atoms with Crippen molar-refractivity contribution >= 4 is 34.0 Å². The van der Waals surface area contributed by atoms with Crippen LogP contribution in [0.1, 0.15) is 19.0 Å². The van der Waals surface area contributed by atoms with Crippen LogP contribution in [-0.2, 0) is 4.79 Å². The molecule has 2 aromatic heterocycles. The van der Waals surface area contributed by atoms with Gasteiger partial charge in [-0.25, -0.2) is 4.98 Å². The largest absolute Gasteiger partial charge is 0.316 e. The van der Waals surface area contributed by atoms with Gasteiger partial charge in [0.25, 0.3) is 0 Å². The van der Waals surface area contributed by atoms with Gasteiger partial charge in [0, 0.05) is 29.6 Å². The zero-order valence-corrected chi connectivity index (χ0v) is 14.1. The number of nitrogens with one attached hydrogen (secondary N) is 1. The number of anilines is 1. The van der Waals surface area contributed by atoms with E-state index in [1.54, 1.807) is 24.2 Å². The Labute approximate surface area is 133 Å². The van der Waals surface area contributed by atoms with E-state index >= 15 is 0 Å². The summed E-state index contributed by atoms with van der Waals surface area (Å²) in [5, 5.41) is 4.73. The summed E-state index contributed by atoms with van der Waals surface area (Å²) >= 11 is 3.20. The number of nitrogens with zero attached hydrogens (tertiary/aromatic N) is 2. The van der Waals surface area contributed by atoms with Gasteiger partial charge in [-0.3, -0.25) is 9.78 Å². The van der Waals surface area contributed by atoms with Crippen LogP contribution in [0.5, 0.6) is 0 Å². The third-order valence-electron chi connectivity index (χ3n) is 3.17. The van der Waals surface area contributed by atoms with Crippen molar-refractivity contribution in [3.8, 4) is 10.6 Å². The predicted octanol–water partition coefficient (Wildman–Crippen LogP) is 3.84. The van der Waals surface area contributed by atoms with Gasteiger partial charge in [-0.15, -0.1) is 0 Å². The summed E-state index contributed by atoms with van der Waals surface area (Å²) in [6.07, 6.45) is 6.39. The fourth-order valence-corrected chi connectivity index (χ4v) is 3.67. The number of aryl methyl sites for hydroxylation is 1. The molecular formula is C15H19N3OS2. The maximum atomic E-state index is 12.3. The van der Waals surface area contributed by atoms with Crippen LogP contribution in [0, 0.1) is 12.8 Å². The fraction of sp³-hybridized carbons (Fsp3) is 0.400. The van der Waals surface area contributed by atoms with Gasteiger partial charge in [-0.05, 0) is 31.7 Å². The number of carbonyl (C=O) groups excluding carboxylic acids is 1. The molecule has 2 rings (SSSR count). The van der Waals surface area contributed by atoms with Gasteiger partial charge in [-0.1, -0.05) is 18.3 Å². The smallest absolute Gasteiger partial charge is 0.228 e. The molecule has 0 aliphatic rings. The monoisotopic (exact) mass is 321 g/mol. The van der Waals surface area contributed by atoms with Crippen molar-refractivity contribution in [1.29, 1.82) is 0 Å². The Morgan fingerprint density at radius 1 is 1.52 bits per heavy atom. The molecular weight excluding hydrogens is 302 g/mol. The highest BCUT2D eigenvalue weighted by Crippen LogP contribution is 2.31. The molecule has 1 amide bonds. The summed E-state index contributed by atoms with van der Waals surface area (Å²) < 4.78 is 0. The summed E-state index contributed by atoms with van der Waals surface area (Å²) in [5.41, 5.74) is 1.83. The molecule has 0 aliphatic carbocycles. The highest BCUT2D eigenvalue weighted by atomic mass is 32.2. The second kappa shape index (κ2) is 7.56. The highest BCUT2D eigenvalue weighted by Gasteiger charge is 2.18.